The molecule has 6 heteroatoms. The van der Waals surface area contributed by atoms with Gasteiger partial charge in [0.05, 0.1) is 7.11 Å². The van der Waals surface area contributed by atoms with Crippen molar-refractivity contribution in [1.82, 2.24) is 10.2 Å². The zero-order chi connectivity index (χ0) is 17.8. The molecule has 0 radical (unpaired) electrons. The normalized spacial score (nSPS) is 17.8. The van der Waals surface area contributed by atoms with Crippen molar-refractivity contribution in [2.75, 3.05) is 33.3 Å². The molecule has 1 aliphatic heterocycles. The third-order valence-electron chi connectivity index (χ3n) is 5.38. The monoisotopic (exact) mass is 424 g/mol. The van der Waals surface area contributed by atoms with Crippen LogP contribution in [0.2, 0.25) is 0 Å². The Balaban J connectivity index is 0.00000140. The number of rotatable bonds is 7. The second-order valence-corrected chi connectivity index (χ2v) is 7.25. The maximum atomic E-state index is 6.14. The molecule has 0 unspecified atom stereocenters. The van der Waals surface area contributed by atoms with Crippen molar-refractivity contribution in [2.45, 2.75) is 25.5 Å². The van der Waals surface area contributed by atoms with Gasteiger partial charge in [-0.25, -0.2) is 0 Å². The summed E-state index contributed by atoms with van der Waals surface area (Å²) in [6.07, 6.45) is 2.67. The van der Waals surface area contributed by atoms with Gasteiger partial charge in [-0.05, 0) is 42.0 Å². The van der Waals surface area contributed by atoms with Crippen molar-refractivity contribution in [3.63, 3.8) is 0 Å². The van der Waals surface area contributed by atoms with Gasteiger partial charge in [0.25, 0.3) is 0 Å². The molecule has 1 saturated heterocycles. The summed E-state index contributed by atoms with van der Waals surface area (Å²) in [5.41, 5.74) is 2.53. The topological polar surface area (TPSA) is 33.7 Å². The number of benzene rings is 2. The summed E-state index contributed by atoms with van der Waals surface area (Å²) < 4.78 is 11.7. The molecule has 4 nitrogen and oxygen atoms in total. The fraction of sp³-hybridized carbons (Fsp3) is 0.455. The minimum Gasteiger partial charge on any atom is -0.493 e. The highest BCUT2D eigenvalue weighted by Gasteiger charge is 2.37. The molecule has 1 aliphatic carbocycles. The Bertz CT molecular complexity index is 720. The molecule has 2 aromatic rings. The van der Waals surface area contributed by atoms with Crippen molar-refractivity contribution in [1.29, 1.82) is 0 Å². The predicted molar refractivity (Wildman–Crippen MR) is 118 cm³/mol. The molecule has 28 heavy (non-hydrogen) atoms. The highest BCUT2D eigenvalue weighted by molar-refractivity contribution is 5.85. The summed E-state index contributed by atoms with van der Waals surface area (Å²) in [7, 11) is 1.71. The van der Waals surface area contributed by atoms with Crippen molar-refractivity contribution >= 4 is 24.8 Å². The standard InChI is InChI=1S/C22H28N2O2.2ClH/c1-25-20-10-9-19(15-21(20)26-16-17-5-3-2-4-6-17)22(18-7-8-18)24-13-11-23-12-14-24;;/h2-6,9-10,15,18,22-23H,7-8,11-14,16H2,1H3;2*1H/t22-;;/m1../s1. The van der Waals surface area contributed by atoms with Crippen molar-refractivity contribution in [2.24, 2.45) is 5.92 Å². The van der Waals surface area contributed by atoms with Gasteiger partial charge >= 0.3 is 0 Å². The lowest BCUT2D eigenvalue weighted by Gasteiger charge is -2.35. The molecule has 2 fully saturated rings. The number of halogens is 2. The number of piperazine rings is 1. The largest absolute Gasteiger partial charge is 0.493 e. The second-order valence-electron chi connectivity index (χ2n) is 7.25. The fourth-order valence-electron chi connectivity index (χ4n) is 3.88. The van der Waals surface area contributed by atoms with E-state index < -0.39 is 0 Å². The fourth-order valence-corrected chi connectivity index (χ4v) is 3.88. The first-order chi connectivity index (χ1) is 12.8. The number of nitrogens with zero attached hydrogens (tertiary/aromatic N) is 1. The van der Waals surface area contributed by atoms with Crippen LogP contribution in [-0.2, 0) is 6.61 Å². The number of methoxy groups -OCH3 is 1. The van der Waals surface area contributed by atoms with Crippen LogP contribution in [0.5, 0.6) is 11.5 Å². The minimum atomic E-state index is 0. The van der Waals surface area contributed by atoms with E-state index in [1.165, 1.54) is 24.0 Å². The molecule has 1 saturated carbocycles. The third kappa shape index (κ3) is 5.54. The summed E-state index contributed by atoms with van der Waals surface area (Å²) in [6, 6.07) is 17.3. The third-order valence-corrected chi connectivity index (χ3v) is 5.38. The SMILES string of the molecule is COc1ccc([C@@H](C2CC2)N2CCNCC2)cc1OCc1ccccc1.Cl.Cl. The Morgan fingerprint density at radius 2 is 1.71 bits per heavy atom. The average Bonchev–Trinajstić information content (AvgIpc) is 3.53. The van der Waals surface area contributed by atoms with Crippen LogP contribution < -0.4 is 14.8 Å². The van der Waals surface area contributed by atoms with Gasteiger partial charge in [-0.2, -0.15) is 0 Å². The highest BCUT2D eigenvalue weighted by Crippen LogP contribution is 2.46. The summed E-state index contributed by atoms with van der Waals surface area (Å²) >= 11 is 0. The van der Waals surface area contributed by atoms with Crippen LogP contribution in [0.25, 0.3) is 0 Å². The molecule has 154 valence electrons. The smallest absolute Gasteiger partial charge is 0.161 e. The first-order valence-corrected chi connectivity index (χ1v) is 9.64. The predicted octanol–water partition coefficient (Wildman–Crippen LogP) is 4.47. The van der Waals surface area contributed by atoms with Gasteiger partial charge < -0.3 is 14.8 Å². The van der Waals surface area contributed by atoms with Crippen LogP contribution in [0.15, 0.2) is 48.5 Å². The quantitative estimate of drug-likeness (QED) is 0.710. The van der Waals surface area contributed by atoms with E-state index in [0.29, 0.717) is 12.6 Å². The average molecular weight is 425 g/mol. The number of hydrogen-bond acceptors (Lipinski definition) is 4. The summed E-state index contributed by atoms with van der Waals surface area (Å²) in [4.78, 5) is 2.64. The van der Waals surface area contributed by atoms with Gasteiger partial charge in [0, 0.05) is 32.2 Å². The maximum Gasteiger partial charge on any atom is 0.161 e. The van der Waals surface area contributed by atoms with E-state index in [1.807, 2.05) is 18.2 Å². The molecular weight excluding hydrogens is 395 g/mol. The van der Waals surface area contributed by atoms with Gasteiger partial charge in [-0.15, -0.1) is 24.8 Å². The van der Waals surface area contributed by atoms with Crippen LogP contribution >= 0.6 is 24.8 Å². The van der Waals surface area contributed by atoms with E-state index in [2.05, 4.69) is 40.5 Å². The van der Waals surface area contributed by atoms with E-state index in [4.69, 9.17) is 9.47 Å². The van der Waals surface area contributed by atoms with E-state index in [-0.39, 0.29) is 24.8 Å². The van der Waals surface area contributed by atoms with E-state index in [0.717, 1.165) is 43.6 Å². The molecule has 0 amide bonds. The zero-order valence-corrected chi connectivity index (χ0v) is 17.9. The van der Waals surface area contributed by atoms with Crippen LogP contribution in [0, 0.1) is 5.92 Å². The molecule has 1 heterocycles. The summed E-state index contributed by atoms with van der Waals surface area (Å²) in [5, 5.41) is 3.46. The van der Waals surface area contributed by atoms with Crippen molar-refractivity contribution in [3.05, 3.63) is 59.7 Å². The van der Waals surface area contributed by atoms with Crippen LogP contribution in [-0.4, -0.2) is 38.2 Å². The van der Waals surface area contributed by atoms with Crippen molar-refractivity contribution < 1.29 is 9.47 Å². The Kier molecular flexibility index (Phi) is 8.90. The molecule has 4 rings (SSSR count). The Labute approximate surface area is 180 Å². The molecule has 2 aromatic carbocycles. The summed E-state index contributed by atoms with van der Waals surface area (Å²) in [5.74, 6) is 2.43. The van der Waals surface area contributed by atoms with Gasteiger partial charge in [0.1, 0.15) is 6.61 Å². The summed E-state index contributed by atoms with van der Waals surface area (Å²) in [6.45, 7) is 4.96. The maximum absolute atomic E-state index is 6.14. The molecule has 2 aliphatic rings. The Hall–Kier alpha value is -1.46. The highest BCUT2D eigenvalue weighted by atomic mass is 35.5. The van der Waals surface area contributed by atoms with E-state index in [9.17, 15) is 0 Å². The van der Waals surface area contributed by atoms with Crippen molar-refractivity contribution in [3.8, 4) is 11.5 Å². The van der Waals surface area contributed by atoms with Gasteiger partial charge in [0.2, 0.25) is 0 Å². The first-order valence-electron chi connectivity index (χ1n) is 9.64. The molecule has 0 aromatic heterocycles. The minimum absolute atomic E-state index is 0. The lowest BCUT2D eigenvalue weighted by Crippen LogP contribution is -2.45. The Morgan fingerprint density at radius 1 is 1.00 bits per heavy atom. The van der Waals surface area contributed by atoms with Gasteiger partial charge in [-0.3, -0.25) is 4.90 Å². The molecule has 1 N–H and O–H groups in total. The van der Waals surface area contributed by atoms with Gasteiger partial charge in [0.15, 0.2) is 11.5 Å². The second kappa shape index (κ2) is 10.9. The zero-order valence-electron chi connectivity index (χ0n) is 16.3. The van der Waals surface area contributed by atoms with E-state index in [1.54, 1.807) is 7.11 Å². The molecule has 1 atom stereocenters. The number of hydrogen-bond donors (Lipinski definition) is 1. The first kappa shape index (κ1) is 22.8. The van der Waals surface area contributed by atoms with Crippen LogP contribution in [0.3, 0.4) is 0 Å². The van der Waals surface area contributed by atoms with E-state index >= 15 is 0 Å². The van der Waals surface area contributed by atoms with Crippen LogP contribution in [0.1, 0.15) is 30.0 Å². The lowest BCUT2D eigenvalue weighted by atomic mass is 9.99. The van der Waals surface area contributed by atoms with Crippen LogP contribution in [0.4, 0.5) is 0 Å². The Morgan fingerprint density at radius 3 is 2.36 bits per heavy atom. The molecular formula is C22H30Cl2N2O2. The van der Waals surface area contributed by atoms with Gasteiger partial charge in [-0.1, -0.05) is 36.4 Å². The number of nitrogens with one attached hydrogen (secondary N) is 1. The number of ether oxygens (including phenoxy) is 2. The molecule has 0 spiro atoms. The lowest BCUT2D eigenvalue weighted by molar-refractivity contribution is 0.155. The molecule has 0 bridgehead atoms.